The van der Waals surface area contributed by atoms with Gasteiger partial charge in [-0.1, -0.05) is 0 Å². The molecule has 3 N–H and O–H groups in total. The SMILES string of the molecule is CCn1nc(C)c(Br)c1CNC(C)(C)CC(N)=O. The van der Waals surface area contributed by atoms with E-state index in [0.29, 0.717) is 13.0 Å². The summed E-state index contributed by atoms with van der Waals surface area (Å²) in [5.74, 6) is -0.299. The van der Waals surface area contributed by atoms with E-state index in [4.69, 9.17) is 5.73 Å². The highest BCUT2D eigenvalue weighted by atomic mass is 79.9. The van der Waals surface area contributed by atoms with Crippen molar-refractivity contribution in [2.75, 3.05) is 0 Å². The smallest absolute Gasteiger partial charge is 0.219 e. The average Bonchev–Trinajstić information content (AvgIpc) is 2.50. The Morgan fingerprint density at radius 2 is 2.17 bits per heavy atom. The van der Waals surface area contributed by atoms with Crippen LogP contribution in [0, 0.1) is 6.92 Å². The lowest BCUT2D eigenvalue weighted by atomic mass is 10.0. The van der Waals surface area contributed by atoms with Gasteiger partial charge in [-0.3, -0.25) is 9.48 Å². The van der Waals surface area contributed by atoms with Crippen molar-refractivity contribution in [2.45, 2.75) is 52.7 Å². The van der Waals surface area contributed by atoms with Gasteiger partial charge in [0.2, 0.25) is 5.91 Å². The number of primary amides is 1. The second kappa shape index (κ2) is 5.84. The maximum atomic E-state index is 11.0. The second-order valence-electron chi connectivity index (χ2n) is 5.04. The largest absolute Gasteiger partial charge is 0.370 e. The fraction of sp³-hybridized carbons (Fsp3) is 0.667. The summed E-state index contributed by atoms with van der Waals surface area (Å²) in [6.45, 7) is 9.41. The monoisotopic (exact) mass is 316 g/mol. The van der Waals surface area contributed by atoms with E-state index in [9.17, 15) is 4.79 Å². The molecule has 0 aliphatic carbocycles. The van der Waals surface area contributed by atoms with Crippen molar-refractivity contribution >= 4 is 21.8 Å². The Morgan fingerprint density at radius 3 is 2.67 bits per heavy atom. The molecule has 1 aromatic heterocycles. The average molecular weight is 317 g/mol. The molecular weight excluding hydrogens is 296 g/mol. The predicted molar refractivity (Wildman–Crippen MR) is 75.1 cm³/mol. The van der Waals surface area contributed by atoms with Crippen LogP contribution in [0.5, 0.6) is 0 Å². The van der Waals surface area contributed by atoms with Gasteiger partial charge in [-0.2, -0.15) is 5.10 Å². The zero-order chi connectivity index (χ0) is 13.9. The molecule has 1 aromatic rings. The van der Waals surface area contributed by atoms with Gasteiger partial charge in [0.1, 0.15) is 0 Å². The van der Waals surface area contributed by atoms with Gasteiger partial charge < -0.3 is 11.1 Å². The Hall–Kier alpha value is -0.880. The minimum absolute atomic E-state index is 0.299. The van der Waals surface area contributed by atoms with Crippen molar-refractivity contribution in [3.05, 3.63) is 15.9 Å². The predicted octanol–water partition coefficient (Wildman–Crippen LogP) is 1.72. The summed E-state index contributed by atoms with van der Waals surface area (Å²) < 4.78 is 2.97. The number of aryl methyl sites for hydroxylation is 2. The Kier molecular flexibility index (Phi) is 4.92. The van der Waals surface area contributed by atoms with E-state index in [0.717, 1.165) is 22.4 Å². The summed E-state index contributed by atoms with van der Waals surface area (Å²) in [6.07, 6.45) is 0.309. The molecule has 0 saturated heterocycles. The molecule has 1 amide bonds. The number of halogens is 1. The fourth-order valence-electron chi connectivity index (χ4n) is 1.86. The molecule has 5 nitrogen and oxygen atoms in total. The van der Waals surface area contributed by atoms with Crippen LogP contribution in [0.4, 0.5) is 0 Å². The van der Waals surface area contributed by atoms with Gasteiger partial charge in [-0.15, -0.1) is 0 Å². The van der Waals surface area contributed by atoms with Crippen molar-refractivity contribution < 1.29 is 4.79 Å². The minimum atomic E-state index is -0.317. The first-order valence-electron chi connectivity index (χ1n) is 6.02. The van der Waals surface area contributed by atoms with E-state index < -0.39 is 0 Å². The Balaban J connectivity index is 2.77. The van der Waals surface area contributed by atoms with Crippen LogP contribution in [0.2, 0.25) is 0 Å². The maximum absolute atomic E-state index is 11.0. The molecular formula is C12H21BrN4O. The Labute approximate surface area is 116 Å². The van der Waals surface area contributed by atoms with Crippen LogP contribution in [0.25, 0.3) is 0 Å². The number of hydrogen-bond donors (Lipinski definition) is 2. The molecule has 1 heterocycles. The fourth-order valence-corrected chi connectivity index (χ4v) is 2.28. The first-order chi connectivity index (χ1) is 8.26. The molecule has 0 aliphatic rings. The van der Waals surface area contributed by atoms with Crippen molar-refractivity contribution in [1.82, 2.24) is 15.1 Å². The third-order valence-corrected chi connectivity index (χ3v) is 3.83. The molecule has 0 atom stereocenters. The van der Waals surface area contributed by atoms with Gasteiger partial charge in [0, 0.05) is 25.0 Å². The van der Waals surface area contributed by atoms with Gasteiger partial charge in [0.05, 0.1) is 15.9 Å². The summed E-state index contributed by atoms with van der Waals surface area (Å²) >= 11 is 3.55. The van der Waals surface area contributed by atoms with E-state index in [-0.39, 0.29) is 11.4 Å². The van der Waals surface area contributed by atoms with Gasteiger partial charge in [-0.05, 0) is 43.6 Å². The topological polar surface area (TPSA) is 72.9 Å². The number of rotatable bonds is 6. The standard InChI is InChI=1S/C12H21BrN4O/c1-5-17-9(11(13)8(2)16-17)7-15-12(3,4)6-10(14)18/h15H,5-7H2,1-4H3,(H2,14,18). The van der Waals surface area contributed by atoms with Crippen molar-refractivity contribution in [1.29, 1.82) is 0 Å². The van der Waals surface area contributed by atoms with Crippen molar-refractivity contribution in [3.63, 3.8) is 0 Å². The van der Waals surface area contributed by atoms with Gasteiger partial charge >= 0.3 is 0 Å². The molecule has 0 aromatic carbocycles. The highest BCUT2D eigenvalue weighted by molar-refractivity contribution is 9.10. The molecule has 102 valence electrons. The Morgan fingerprint density at radius 1 is 1.56 bits per heavy atom. The zero-order valence-corrected chi connectivity index (χ0v) is 13.0. The van der Waals surface area contributed by atoms with Crippen molar-refractivity contribution in [2.24, 2.45) is 5.73 Å². The molecule has 6 heteroatoms. The second-order valence-corrected chi connectivity index (χ2v) is 5.84. The molecule has 0 spiro atoms. The molecule has 0 aliphatic heterocycles. The molecule has 0 unspecified atom stereocenters. The number of carbonyl (C=O) groups excluding carboxylic acids is 1. The number of aromatic nitrogens is 2. The molecule has 0 radical (unpaired) electrons. The molecule has 0 bridgehead atoms. The third-order valence-electron chi connectivity index (χ3n) is 2.80. The summed E-state index contributed by atoms with van der Waals surface area (Å²) in [5.41, 5.74) is 6.98. The first-order valence-corrected chi connectivity index (χ1v) is 6.81. The first kappa shape index (κ1) is 15.2. The third kappa shape index (κ3) is 3.81. The lowest BCUT2D eigenvalue weighted by molar-refractivity contribution is -0.119. The van der Waals surface area contributed by atoms with E-state index in [1.165, 1.54) is 0 Å². The van der Waals surface area contributed by atoms with E-state index in [2.05, 4.69) is 33.3 Å². The van der Waals surface area contributed by atoms with Crippen LogP contribution in [-0.2, 0) is 17.9 Å². The van der Waals surface area contributed by atoms with Crippen LogP contribution in [-0.4, -0.2) is 21.2 Å². The van der Waals surface area contributed by atoms with Gasteiger partial charge in [-0.25, -0.2) is 0 Å². The maximum Gasteiger partial charge on any atom is 0.219 e. The number of amides is 1. The summed E-state index contributed by atoms with van der Waals surface area (Å²) in [6, 6.07) is 0. The minimum Gasteiger partial charge on any atom is -0.370 e. The normalized spacial score (nSPS) is 11.8. The number of nitrogens with one attached hydrogen (secondary N) is 1. The summed E-state index contributed by atoms with van der Waals surface area (Å²) in [7, 11) is 0. The van der Waals surface area contributed by atoms with E-state index in [1.54, 1.807) is 0 Å². The highest BCUT2D eigenvalue weighted by Crippen LogP contribution is 2.21. The highest BCUT2D eigenvalue weighted by Gasteiger charge is 2.21. The number of carbonyl (C=O) groups is 1. The van der Waals surface area contributed by atoms with Gasteiger partial charge in [0.25, 0.3) is 0 Å². The quantitative estimate of drug-likeness (QED) is 0.839. The van der Waals surface area contributed by atoms with E-state index >= 15 is 0 Å². The number of hydrogen-bond acceptors (Lipinski definition) is 3. The molecule has 0 fully saturated rings. The molecule has 0 saturated carbocycles. The summed E-state index contributed by atoms with van der Waals surface area (Å²) in [4.78, 5) is 11.0. The molecule has 1 rings (SSSR count). The zero-order valence-electron chi connectivity index (χ0n) is 11.4. The number of nitrogens with two attached hydrogens (primary N) is 1. The Bertz CT molecular complexity index is 440. The van der Waals surface area contributed by atoms with Crippen LogP contribution in [0.15, 0.2) is 4.47 Å². The summed E-state index contributed by atoms with van der Waals surface area (Å²) in [5, 5.41) is 7.77. The van der Waals surface area contributed by atoms with Crippen LogP contribution < -0.4 is 11.1 Å². The van der Waals surface area contributed by atoms with Crippen LogP contribution in [0.1, 0.15) is 38.6 Å². The van der Waals surface area contributed by atoms with E-state index in [1.807, 2.05) is 25.5 Å². The van der Waals surface area contributed by atoms with Crippen molar-refractivity contribution in [3.8, 4) is 0 Å². The lowest BCUT2D eigenvalue weighted by Gasteiger charge is -2.25. The van der Waals surface area contributed by atoms with Crippen LogP contribution in [0.3, 0.4) is 0 Å². The lowest BCUT2D eigenvalue weighted by Crippen LogP contribution is -2.42. The van der Waals surface area contributed by atoms with Gasteiger partial charge in [0.15, 0.2) is 0 Å². The molecule has 18 heavy (non-hydrogen) atoms. The number of nitrogens with zero attached hydrogens (tertiary/aromatic N) is 2. The van der Waals surface area contributed by atoms with Crippen LogP contribution >= 0.6 is 15.9 Å².